The van der Waals surface area contributed by atoms with Crippen LogP contribution in [0, 0.1) is 0 Å². The molecule has 1 aromatic heterocycles. The first-order valence-corrected chi connectivity index (χ1v) is 9.81. The van der Waals surface area contributed by atoms with Crippen LogP contribution in [0.1, 0.15) is 0 Å². The molecule has 3 aromatic carbocycles. The van der Waals surface area contributed by atoms with E-state index in [-0.39, 0.29) is 0 Å². The minimum atomic E-state index is 0.680. The molecule has 134 valence electrons. The van der Waals surface area contributed by atoms with Crippen LogP contribution in [0.15, 0.2) is 77.7 Å². The second-order valence-corrected chi connectivity index (χ2v) is 6.88. The van der Waals surface area contributed by atoms with E-state index in [1.54, 1.807) is 18.9 Å². The van der Waals surface area contributed by atoms with Gasteiger partial charge in [-0.15, -0.1) is 11.8 Å². The molecular formula is C22H19N3OS. The number of ether oxygens (including phenoxy) is 1. The molecule has 0 saturated carbocycles. The van der Waals surface area contributed by atoms with Crippen LogP contribution in [0.4, 0.5) is 11.5 Å². The Morgan fingerprint density at radius 2 is 1.70 bits per heavy atom. The number of hydrogen-bond acceptors (Lipinski definition) is 5. The van der Waals surface area contributed by atoms with Crippen LogP contribution in [-0.2, 0) is 0 Å². The highest BCUT2D eigenvalue weighted by molar-refractivity contribution is 7.98. The highest BCUT2D eigenvalue weighted by Gasteiger charge is 2.10. The standard InChI is InChI=1S/C22H19N3OS/c1-26-17-12-10-15(11-13-17)21-24-20-9-4-3-8-19(20)22(25-21)23-16-6-5-7-18(14-16)27-2/h3-14H,1-2H3,(H,23,24,25). The summed E-state index contributed by atoms with van der Waals surface area (Å²) in [6.45, 7) is 0. The zero-order valence-corrected chi connectivity index (χ0v) is 16.0. The fourth-order valence-electron chi connectivity index (χ4n) is 2.88. The third-order valence-electron chi connectivity index (χ3n) is 4.28. The lowest BCUT2D eigenvalue weighted by Gasteiger charge is -2.12. The van der Waals surface area contributed by atoms with Crippen molar-refractivity contribution in [1.82, 2.24) is 9.97 Å². The van der Waals surface area contributed by atoms with Crippen molar-refractivity contribution in [2.75, 3.05) is 18.7 Å². The van der Waals surface area contributed by atoms with Gasteiger partial charge in [-0.1, -0.05) is 18.2 Å². The number of nitrogens with zero attached hydrogens (tertiary/aromatic N) is 2. The Morgan fingerprint density at radius 1 is 0.889 bits per heavy atom. The second-order valence-electron chi connectivity index (χ2n) is 6.00. The van der Waals surface area contributed by atoms with Gasteiger partial charge >= 0.3 is 0 Å². The number of aromatic nitrogens is 2. The lowest BCUT2D eigenvalue weighted by Crippen LogP contribution is -1.99. The summed E-state index contributed by atoms with van der Waals surface area (Å²) in [6, 6.07) is 24.1. The van der Waals surface area contributed by atoms with Crippen molar-refractivity contribution in [2.45, 2.75) is 4.90 Å². The summed E-state index contributed by atoms with van der Waals surface area (Å²) in [6.07, 6.45) is 2.07. The van der Waals surface area contributed by atoms with Crippen LogP contribution in [0.3, 0.4) is 0 Å². The van der Waals surface area contributed by atoms with E-state index in [9.17, 15) is 0 Å². The fourth-order valence-corrected chi connectivity index (χ4v) is 3.34. The maximum atomic E-state index is 5.24. The molecule has 0 atom stereocenters. The van der Waals surface area contributed by atoms with Gasteiger partial charge in [0.2, 0.25) is 0 Å². The van der Waals surface area contributed by atoms with Gasteiger partial charge in [0.25, 0.3) is 0 Å². The third-order valence-corrected chi connectivity index (χ3v) is 5.01. The number of rotatable bonds is 5. The molecule has 0 amide bonds. The zero-order chi connectivity index (χ0) is 18.6. The lowest BCUT2D eigenvalue weighted by atomic mass is 10.1. The molecule has 0 unspecified atom stereocenters. The van der Waals surface area contributed by atoms with Crippen molar-refractivity contribution < 1.29 is 4.74 Å². The number of methoxy groups -OCH3 is 1. The summed E-state index contributed by atoms with van der Waals surface area (Å²) in [5.74, 6) is 2.29. The number of para-hydroxylation sites is 1. The molecule has 4 nitrogen and oxygen atoms in total. The molecule has 0 radical (unpaired) electrons. The summed E-state index contributed by atoms with van der Waals surface area (Å²) in [4.78, 5) is 10.8. The van der Waals surface area contributed by atoms with Crippen LogP contribution in [0.25, 0.3) is 22.3 Å². The number of fused-ring (bicyclic) bond motifs is 1. The molecule has 4 aromatic rings. The molecule has 5 heteroatoms. The van der Waals surface area contributed by atoms with Gasteiger partial charge in [-0.05, 0) is 60.9 Å². The Bertz CT molecular complexity index is 1080. The monoisotopic (exact) mass is 373 g/mol. The number of thioether (sulfide) groups is 1. The first-order valence-electron chi connectivity index (χ1n) is 8.59. The van der Waals surface area contributed by atoms with Crippen molar-refractivity contribution in [3.05, 3.63) is 72.8 Å². The van der Waals surface area contributed by atoms with Gasteiger partial charge in [0.05, 0.1) is 12.6 Å². The number of hydrogen-bond donors (Lipinski definition) is 1. The molecule has 0 aliphatic rings. The summed E-state index contributed by atoms with van der Waals surface area (Å²) in [7, 11) is 1.66. The predicted octanol–water partition coefficient (Wildman–Crippen LogP) is 5.77. The van der Waals surface area contributed by atoms with Crippen molar-refractivity contribution in [3.8, 4) is 17.1 Å². The molecule has 0 saturated heterocycles. The number of benzene rings is 3. The first kappa shape index (κ1) is 17.4. The van der Waals surface area contributed by atoms with E-state index >= 15 is 0 Å². The first-order chi connectivity index (χ1) is 13.3. The smallest absolute Gasteiger partial charge is 0.162 e. The number of nitrogens with one attached hydrogen (secondary N) is 1. The SMILES string of the molecule is COc1ccc(-c2nc(Nc3cccc(SC)c3)c3ccccc3n2)cc1. The second kappa shape index (κ2) is 7.68. The van der Waals surface area contributed by atoms with Crippen molar-refractivity contribution in [1.29, 1.82) is 0 Å². The molecule has 0 spiro atoms. The van der Waals surface area contributed by atoms with E-state index in [1.807, 2.05) is 60.7 Å². The van der Waals surface area contributed by atoms with Crippen LogP contribution >= 0.6 is 11.8 Å². The van der Waals surface area contributed by atoms with Crippen molar-refractivity contribution in [2.24, 2.45) is 0 Å². The molecule has 4 rings (SSSR count). The van der Waals surface area contributed by atoms with Crippen LogP contribution in [0.5, 0.6) is 5.75 Å². The van der Waals surface area contributed by atoms with Crippen molar-refractivity contribution >= 4 is 34.2 Å². The van der Waals surface area contributed by atoms with Gasteiger partial charge < -0.3 is 10.1 Å². The largest absolute Gasteiger partial charge is 0.497 e. The zero-order valence-electron chi connectivity index (χ0n) is 15.1. The van der Waals surface area contributed by atoms with E-state index in [2.05, 4.69) is 23.7 Å². The molecular weight excluding hydrogens is 354 g/mol. The van der Waals surface area contributed by atoms with Gasteiger partial charge in [0.15, 0.2) is 5.82 Å². The minimum absolute atomic E-state index is 0.680. The quantitative estimate of drug-likeness (QED) is 0.450. The molecule has 1 heterocycles. The van der Waals surface area contributed by atoms with Gasteiger partial charge in [0, 0.05) is 21.5 Å². The van der Waals surface area contributed by atoms with Crippen LogP contribution in [0.2, 0.25) is 0 Å². The maximum Gasteiger partial charge on any atom is 0.162 e. The molecule has 0 fully saturated rings. The fraction of sp³-hybridized carbons (Fsp3) is 0.0909. The topological polar surface area (TPSA) is 47.0 Å². The summed E-state index contributed by atoms with van der Waals surface area (Å²) in [5.41, 5.74) is 2.86. The highest BCUT2D eigenvalue weighted by Crippen LogP contribution is 2.29. The van der Waals surface area contributed by atoms with E-state index in [0.29, 0.717) is 5.82 Å². The van der Waals surface area contributed by atoms with E-state index < -0.39 is 0 Å². The minimum Gasteiger partial charge on any atom is -0.497 e. The summed E-state index contributed by atoms with van der Waals surface area (Å²) < 4.78 is 5.24. The highest BCUT2D eigenvalue weighted by atomic mass is 32.2. The summed E-state index contributed by atoms with van der Waals surface area (Å²) >= 11 is 1.72. The van der Waals surface area contributed by atoms with Gasteiger partial charge in [-0.2, -0.15) is 0 Å². The van der Waals surface area contributed by atoms with Gasteiger partial charge in [0.1, 0.15) is 11.6 Å². The van der Waals surface area contributed by atoms with E-state index in [1.165, 1.54) is 4.90 Å². The van der Waals surface area contributed by atoms with Crippen LogP contribution in [-0.4, -0.2) is 23.3 Å². The Balaban J connectivity index is 1.80. The maximum absolute atomic E-state index is 5.24. The van der Waals surface area contributed by atoms with Gasteiger partial charge in [-0.25, -0.2) is 9.97 Å². The Labute approximate surface area is 162 Å². The average Bonchev–Trinajstić information content (AvgIpc) is 2.74. The third kappa shape index (κ3) is 3.73. The Kier molecular flexibility index (Phi) is 4.94. The molecule has 0 aliphatic carbocycles. The molecule has 0 bridgehead atoms. The van der Waals surface area contributed by atoms with Gasteiger partial charge in [-0.3, -0.25) is 0 Å². The summed E-state index contributed by atoms with van der Waals surface area (Å²) in [5, 5.41) is 4.46. The predicted molar refractivity (Wildman–Crippen MR) is 113 cm³/mol. The molecule has 0 aliphatic heterocycles. The Hall–Kier alpha value is -3.05. The average molecular weight is 373 g/mol. The molecule has 1 N–H and O–H groups in total. The Morgan fingerprint density at radius 3 is 2.48 bits per heavy atom. The lowest BCUT2D eigenvalue weighted by molar-refractivity contribution is 0.415. The van der Waals surface area contributed by atoms with Crippen LogP contribution < -0.4 is 10.1 Å². The van der Waals surface area contributed by atoms with E-state index in [4.69, 9.17) is 14.7 Å². The normalized spacial score (nSPS) is 10.7. The molecule has 27 heavy (non-hydrogen) atoms. The van der Waals surface area contributed by atoms with E-state index in [0.717, 1.165) is 33.7 Å². The number of anilines is 2. The van der Waals surface area contributed by atoms with Crippen molar-refractivity contribution in [3.63, 3.8) is 0 Å².